The second-order valence-corrected chi connectivity index (χ2v) is 2.67. The molecule has 0 aliphatic carbocycles. The summed E-state index contributed by atoms with van der Waals surface area (Å²) in [6, 6.07) is 5.40. The SMILES string of the molecule is COC(=O)Nc1cccc2[nH][c]nc12. The van der Waals surface area contributed by atoms with Gasteiger partial charge in [-0.15, -0.1) is 0 Å². The highest BCUT2D eigenvalue weighted by Crippen LogP contribution is 2.19. The average molecular weight is 190 g/mol. The number of aromatic nitrogens is 2. The predicted molar refractivity (Wildman–Crippen MR) is 51.0 cm³/mol. The first-order valence-electron chi connectivity index (χ1n) is 4.01. The van der Waals surface area contributed by atoms with Crippen molar-refractivity contribution >= 4 is 22.8 Å². The number of benzene rings is 1. The number of ether oxygens (including phenoxy) is 1. The number of H-pyrrole nitrogens is 1. The van der Waals surface area contributed by atoms with Crippen LogP contribution >= 0.6 is 0 Å². The van der Waals surface area contributed by atoms with E-state index in [0.717, 1.165) is 5.52 Å². The van der Waals surface area contributed by atoms with E-state index in [9.17, 15) is 4.79 Å². The Hall–Kier alpha value is -2.04. The summed E-state index contributed by atoms with van der Waals surface area (Å²) in [6.45, 7) is 0. The Bertz CT molecular complexity index is 464. The fraction of sp³-hybridized carbons (Fsp3) is 0.111. The van der Waals surface area contributed by atoms with Crippen LogP contribution in [0.25, 0.3) is 11.0 Å². The van der Waals surface area contributed by atoms with Gasteiger partial charge < -0.3 is 9.72 Å². The molecule has 0 saturated carbocycles. The molecule has 2 rings (SSSR count). The van der Waals surface area contributed by atoms with Crippen LogP contribution in [0, 0.1) is 6.33 Å². The zero-order valence-corrected chi connectivity index (χ0v) is 7.50. The molecule has 1 radical (unpaired) electrons. The summed E-state index contributed by atoms with van der Waals surface area (Å²) in [5, 5.41) is 2.56. The Kier molecular flexibility index (Phi) is 2.06. The quantitative estimate of drug-likeness (QED) is 0.716. The van der Waals surface area contributed by atoms with E-state index in [0.29, 0.717) is 11.2 Å². The fourth-order valence-electron chi connectivity index (χ4n) is 1.17. The van der Waals surface area contributed by atoms with Crippen molar-refractivity contribution in [1.29, 1.82) is 0 Å². The van der Waals surface area contributed by atoms with Crippen molar-refractivity contribution in [3.63, 3.8) is 0 Å². The van der Waals surface area contributed by atoms with E-state index in [1.807, 2.05) is 6.07 Å². The third-order valence-electron chi connectivity index (χ3n) is 1.82. The molecular weight excluding hydrogens is 182 g/mol. The number of fused-ring (bicyclic) bond motifs is 1. The highest BCUT2D eigenvalue weighted by molar-refractivity contribution is 5.96. The Morgan fingerprint density at radius 1 is 1.64 bits per heavy atom. The molecule has 0 aliphatic heterocycles. The number of nitrogens with zero attached hydrogens (tertiary/aromatic N) is 1. The van der Waals surface area contributed by atoms with Crippen LogP contribution in [0.5, 0.6) is 0 Å². The first-order valence-corrected chi connectivity index (χ1v) is 4.01. The topological polar surface area (TPSA) is 67.0 Å². The molecule has 5 nitrogen and oxygen atoms in total. The summed E-state index contributed by atoms with van der Waals surface area (Å²) in [4.78, 5) is 17.7. The first kappa shape index (κ1) is 8.55. The molecule has 1 amide bonds. The van der Waals surface area contributed by atoms with Crippen LogP contribution in [0.2, 0.25) is 0 Å². The minimum atomic E-state index is -0.513. The van der Waals surface area contributed by atoms with Gasteiger partial charge in [-0.1, -0.05) is 6.07 Å². The average Bonchev–Trinajstić information content (AvgIpc) is 2.66. The molecule has 0 bridgehead atoms. The van der Waals surface area contributed by atoms with Gasteiger partial charge in [0.2, 0.25) is 0 Å². The van der Waals surface area contributed by atoms with E-state index in [-0.39, 0.29) is 0 Å². The maximum atomic E-state index is 11.0. The van der Waals surface area contributed by atoms with Crippen molar-refractivity contribution in [3.05, 3.63) is 24.5 Å². The number of para-hydroxylation sites is 1. The Morgan fingerprint density at radius 3 is 3.29 bits per heavy atom. The van der Waals surface area contributed by atoms with Gasteiger partial charge in [-0.3, -0.25) is 5.32 Å². The standard InChI is InChI=1S/C9H8N3O2/c1-14-9(13)12-7-4-2-3-6-8(7)11-5-10-6/h2-4H,1H3,(H,10,11)(H,12,13). The molecule has 0 spiro atoms. The summed E-state index contributed by atoms with van der Waals surface area (Å²) < 4.78 is 4.48. The summed E-state index contributed by atoms with van der Waals surface area (Å²) in [5.74, 6) is 0. The van der Waals surface area contributed by atoms with Gasteiger partial charge in [0.1, 0.15) is 5.52 Å². The minimum Gasteiger partial charge on any atom is -0.453 e. The van der Waals surface area contributed by atoms with Crippen LogP contribution < -0.4 is 5.32 Å². The van der Waals surface area contributed by atoms with Gasteiger partial charge in [0.05, 0.1) is 18.3 Å². The van der Waals surface area contributed by atoms with E-state index in [1.165, 1.54) is 7.11 Å². The molecule has 1 aromatic carbocycles. The van der Waals surface area contributed by atoms with E-state index in [1.54, 1.807) is 12.1 Å². The number of methoxy groups -OCH3 is 1. The number of hydrogen-bond acceptors (Lipinski definition) is 3. The molecule has 5 heteroatoms. The molecule has 2 aromatic rings. The number of nitrogens with one attached hydrogen (secondary N) is 2. The fourth-order valence-corrected chi connectivity index (χ4v) is 1.17. The highest BCUT2D eigenvalue weighted by Gasteiger charge is 2.06. The lowest BCUT2D eigenvalue weighted by Crippen LogP contribution is -2.11. The largest absolute Gasteiger partial charge is 0.453 e. The molecule has 0 aliphatic rings. The lowest BCUT2D eigenvalue weighted by Gasteiger charge is -2.03. The van der Waals surface area contributed by atoms with Gasteiger partial charge in [0.15, 0.2) is 6.33 Å². The minimum absolute atomic E-state index is 0.513. The van der Waals surface area contributed by atoms with Crippen LogP contribution in [-0.4, -0.2) is 23.2 Å². The first-order chi connectivity index (χ1) is 6.81. The number of hydrogen-bond donors (Lipinski definition) is 2. The third-order valence-corrected chi connectivity index (χ3v) is 1.82. The molecule has 0 unspecified atom stereocenters. The second-order valence-electron chi connectivity index (χ2n) is 2.67. The van der Waals surface area contributed by atoms with Crippen LogP contribution in [0.1, 0.15) is 0 Å². The normalized spacial score (nSPS) is 10.1. The molecule has 71 valence electrons. The van der Waals surface area contributed by atoms with E-state index in [2.05, 4.69) is 26.3 Å². The number of anilines is 1. The molecule has 0 fully saturated rings. The summed E-state index contributed by atoms with van der Waals surface area (Å²) >= 11 is 0. The van der Waals surface area contributed by atoms with Gasteiger partial charge in [-0.2, -0.15) is 0 Å². The van der Waals surface area contributed by atoms with Gasteiger partial charge in [-0.05, 0) is 12.1 Å². The molecule has 0 saturated heterocycles. The zero-order chi connectivity index (χ0) is 9.97. The molecule has 2 N–H and O–H groups in total. The van der Waals surface area contributed by atoms with E-state index >= 15 is 0 Å². The van der Waals surface area contributed by atoms with Crippen LogP contribution in [0.4, 0.5) is 10.5 Å². The van der Waals surface area contributed by atoms with Gasteiger partial charge in [-0.25, -0.2) is 9.78 Å². The molecule has 1 aromatic heterocycles. The summed E-state index contributed by atoms with van der Waals surface area (Å²) in [5.41, 5.74) is 2.09. The maximum absolute atomic E-state index is 11.0. The smallest absolute Gasteiger partial charge is 0.411 e. The van der Waals surface area contributed by atoms with E-state index < -0.39 is 6.09 Å². The molecular formula is C9H8N3O2. The summed E-state index contributed by atoms with van der Waals surface area (Å²) in [6.07, 6.45) is 2.09. The zero-order valence-electron chi connectivity index (χ0n) is 7.50. The Balaban J connectivity index is 2.41. The number of rotatable bonds is 1. The number of imidazole rings is 1. The van der Waals surface area contributed by atoms with Crippen LogP contribution in [0.3, 0.4) is 0 Å². The maximum Gasteiger partial charge on any atom is 0.411 e. The number of carbonyl (C=O) groups is 1. The third kappa shape index (κ3) is 1.39. The number of carbonyl (C=O) groups excluding carboxylic acids is 1. The van der Waals surface area contributed by atoms with Crippen molar-refractivity contribution in [2.45, 2.75) is 0 Å². The summed E-state index contributed by atoms with van der Waals surface area (Å²) in [7, 11) is 1.31. The van der Waals surface area contributed by atoms with Crippen LogP contribution in [0.15, 0.2) is 18.2 Å². The highest BCUT2D eigenvalue weighted by atomic mass is 16.5. The monoisotopic (exact) mass is 190 g/mol. The van der Waals surface area contributed by atoms with Crippen molar-refractivity contribution in [1.82, 2.24) is 9.97 Å². The van der Waals surface area contributed by atoms with Crippen molar-refractivity contribution in [2.75, 3.05) is 12.4 Å². The lowest BCUT2D eigenvalue weighted by atomic mass is 10.3. The van der Waals surface area contributed by atoms with Crippen LogP contribution in [-0.2, 0) is 4.74 Å². The molecule has 1 heterocycles. The predicted octanol–water partition coefficient (Wildman–Crippen LogP) is 1.54. The molecule has 14 heavy (non-hydrogen) atoms. The van der Waals surface area contributed by atoms with Gasteiger partial charge in [0.25, 0.3) is 0 Å². The van der Waals surface area contributed by atoms with Gasteiger partial charge in [0, 0.05) is 0 Å². The van der Waals surface area contributed by atoms with Gasteiger partial charge >= 0.3 is 6.09 Å². The Morgan fingerprint density at radius 2 is 2.50 bits per heavy atom. The second kappa shape index (κ2) is 3.37. The lowest BCUT2D eigenvalue weighted by molar-refractivity contribution is 0.187. The van der Waals surface area contributed by atoms with Crippen molar-refractivity contribution in [3.8, 4) is 0 Å². The Labute approximate surface area is 80.1 Å². The van der Waals surface area contributed by atoms with E-state index in [4.69, 9.17) is 0 Å². The van der Waals surface area contributed by atoms with Crippen molar-refractivity contribution < 1.29 is 9.53 Å². The number of aromatic amines is 1. The number of amides is 1. The van der Waals surface area contributed by atoms with Crippen molar-refractivity contribution in [2.24, 2.45) is 0 Å². The molecule has 0 atom stereocenters.